The van der Waals surface area contributed by atoms with E-state index in [9.17, 15) is 23.1 Å². The van der Waals surface area contributed by atoms with Crippen molar-refractivity contribution in [1.82, 2.24) is 4.57 Å². The molecule has 0 aliphatic carbocycles. The fraction of sp³-hybridized carbons (Fsp3) is 0.0625. The van der Waals surface area contributed by atoms with Crippen molar-refractivity contribution in [2.24, 2.45) is 0 Å². The molecule has 3 nitrogen and oxygen atoms in total. The average Bonchev–Trinajstić information content (AvgIpc) is 2.89. The van der Waals surface area contributed by atoms with E-state index in [2.05, 4.69) is 0 Å². The van der Waals surface area contributed by atoms with Crippen molar-refractivity contribution >= 4 is 16.9 Å². The molecule has 0 aliphatic rings. The molecule has 3 aromatic rings. The molecule has 1 heterocycles. The van der Waals surface area contributed by atoms with Crippen LogP contribution in [0.15, 0.2) is 48.7 Å². The largest absolute Gasteiger partial charge is 0.478 e. The fourth-order valence-electron chi connectivity index (χ4n) is 2.42. The second-order valence-electron chi connectivity index (χ2n) is 4.75. The number of halogens is 3. The normalized spacial score (nSPS) is 12.5. The van der Waals surface area contributed by atoms with Crippen molar-refractivity contribution in [2.45, 2.75) is 6.30 Å². The van der Waals surface area contributed by atoms with Crippen LogP contribution in [0.25, 0.3) is 10.9 Å². The van der Waals surface area contributed by atoms with Gasteiger partial charge in [-0.3, -0.25) is 0 Å². The lowest BCUT2D eigenvalue weighted by Gasteiger charge is -2.13. The van der Waals surface area contributed by atoms with Gasteiger partial charge in [0.1, 0.15) is 0 Å². The summed E-state index contributed by atoms with van der Waals surface area (Å²) in [5.41, 5.74) is -0.302. The number of carboxylic acid groups (broad SMARTS) is 1. The van der Waals surface area contributed by atoms with E-state index in [-0.39, 0.29) is 11.1 Å². The van der Waals surface area contributed by atoms with Crippen LogP contribution in [0.4, 0.5) is 13.2 Å². The summed E-state index contributed by atoms with van der Waals surface area (Å²) in [6, 6.07) is 9.49. The molecule has 1 aromatic heterocycles. The Morgan fingerprint density at radius 3 is 2.55 bits per heavy atom. The molecular formula is C16H10F3NO2. The van der Waals surface area contributed by atoms with Gasteiger partial charge in [-0.25, -0.2) is 18.0 Å². The minimum Gasteiger partial charge on any atom is -0.478 e. The van der Waals surface area contributed by atoms with Gasteiger partial charge in [-0.2, -0.15) is 0 Å². The smallest absolute Gasteiger partial charge is 0.337 e. The number of carboxylic acids is 1. The maximum atomic E-state index is 14.7. The van der Waals surface area contributed by atoms with Gasteiger partial charge in [0.15, 0.2) is 11.6 Å². The van der Waals surface area contributed by atoms with Gasteiger partial charge in [0.05, 0.1) is 11.1 Å². The first-order valence-corrected chi connectivity index (χ1v) is 6.41. The summed E-state index contributed by atoms with van der Waals surface area (Å²) in [4.78, 5) is 11.2. The number of alkyl halides is 1. The number of aromatic nitrogens is 1. The Morgan fingerprint density at radius 1 is 1.09 bits per heavy atom. The SMILES string of the molecule is O=C(O)c1cn(C(F)c2cccc(F)c2F)c2ccccc12. The second-order valence-corrected chi connectivity index (χ2v) is 4.75. The number of hydrogen-bond donors (Lipinski definition) is 1. The Hall–Kier alpha value is -2.76. The third-order valence-electron chi connectivity index (χ3n) is 3.45. The number of aromatic carboxylic acids is 1. The molecule has 0 amide bonds. The van der Waals surface area contributed by atoms with Crippen molar-refractivity contribution in [2.75, 3.05) is 0 Å². The first-order chi connectivity index (χ1) is 10.5. The molecule has 1 N–H and O–H groups in total. The minimum atomic E-state index is -2.03. The van der Waals surface area contributed by atoms with Crippen LogP contribution in [0, 0.1) is 11.6 Å². The number of nitrogens with zero attached hydrogens (tertiary/aromatic N) is 1. The summed E-state index contributed by atoms with van der Waals surface area (Å²) in [5.74, 6) is -3.67. The standard InChI is InChI=1S/C16H10F3NO2/c17-12-6-3-5-10(14(12)18)15(19)20-8-11(16(21)22)9-4-1-2-7-13(9)20/h1-8,15H,(H,21,22). The molecule has 2 aromatic carbocycles. The molecule has 0 aliphatic heterocycles. The van der Waals surface area contributed by atoms with Crippen LogP contribution in [0.5, 0.6) is 0 Å². The Morgan fingerprint density at radius 2 is 1.82 bits per heavy atom. The Kier molecular flexibility index (Phi) is 3.36. The number of hydrogen-bond acceptors (Lipinski definition) is 1. The predicted octanol–water partition coefficient (Wildman–Crippen LogP) is 4.13. The Bertz CT molecular complexity index is 873. The third-order valence-corrected chi connectivity index (χ3v) is 3.45. The van der Waals surface area contributed by atoms with Crippen molar-refractivity contribution in [3.8, 4) is 0 Å². The molecule has 0 spiro atoms. The summed E-state index contributed by atoms with van der Waals surface area (Å²) in [6.45, 7) is 0. The minimum absolute atomic E-state index is 0.102. The van der Waals surface area contributed by atoms with Gasteiger partial charge in [0.25, 0.3) is 0 Å². The molecule has 6 heteroatoms. The Labute approximate surface area is 123 Å². The van der Waals surface area contributed by atoms with Gasteiger partial charge in [-0.05, 0) is 12.1 Å². The molecule has 112 valence electrons. The van der Waals surface area contributed by atoms with Crippen molar-refractivity contribution in [3.63, 3.8) is 0 Å². The summed E-state index contributed by atoms with van der Waals surface area (Å²) >= 11 is 0. The molecule has 3 rings (SSSR count). The number of fused-ring (bicyclic) bond motifs is 1. The van der Waals surface area contributed by atoms with Crippen LogP contribution in [-0.2, 0) is 0 Å². The van der Waals surface area contributed by atoms with Gasteiger partial charge < -0.3 is 9.67 Å². The maximum Gasteiger partial charge on any atom is 0.337 e. The highest BCUT2D eigenvalue weighted by atomic mass is 19.2. The lowest BCUT2D eigenvalue weighted by atomic mass is 10.1. The van der Waals surface area contributed by atoms with Crippen molar-refractivity contribution < 1.29 is 23.1 Å². The third kappa shape index (κ3) is 2.13. The van der Waals surface area contributed by atoms with Crippen LogP contribution >= 0.6 is 0 Å². The van der Waals surface area contributed by atoms with Crippen LogP contribution in [-0.4, -0.2) is 15.6 Å². The van der Waals surface area contributed by atoms with E-state index in [1.165, 1.54) is 18.2 Å². The van der Waals surface area contributed by atoms with E-state index < -0.39 is 29.5 Å². The highest BCUT2D eigenvalue weighted by Gasteiger charge is 2.23. The molecule has 0 saturated carbocycles. The summed E-state index contributed by atoms with van der Waals surface area (Å²) in [6.07, 6.45) is -0.948. The molecule has 0 radical (unpaired) electrons. The maximum absolute atomic E-state index is 14.7. The van der Waals surface area contributed by atoms with Gasteiger partial charge in [-0.15, -0.1) is 0 Å². The number of carbonyl (C=O) groups is 1. The highest BCUT2D eigenvalue weighted by Crippen LogP contribution is 2.30. The number of benzene rings is 2. The van der Waals surface area contributed by atoms with Crippen LogP contribution in [0.3, 0.4) is 0 Å². The zero-order valence-corrected chi connectivity index (χ0v) is 11.1. The van der Waals surface area contributed by atoms with Crippen LogP contribution in [0.2, 0.25) is 0 Å². The van der Waals surface area contributed by atoms with Crippen molar-refractivity contribution in [3.05, 3.63) is 71.4 Å². The van der Waals surface area contributed by atoms with Crippen molar-refractivity contribution in [1.29, 1.82) is 0 Å². The lowest BCUT2D eigenvalue weighted by molar-refractivity contribution is 0.0698. The quantitative estimate of drug-likeness (QED) is 0.790. The predicted molar refractivity (Wildman–Crippen MR) is 74.5 cm³/mol. The van der Waals surface area contributed by atoms with E-state index in [4.69, 9.17) is 0 Å². The zero-order valence-electron chi connectivity index (χ0n) is 11.1. The Balaban J connectivity index is 2.22. The van der Waals surface area contributed by atoms with E-state index in [0.29, 0.717) is 5.39 Å². The van der Waals surface area contributed by atoms with Crippen LogP contribution in [0.1, 0.15) is 22.2 Å². The molecule has 0 saturated heterocycles. The first kappa shape index (κ1) is 14.2. The summed E-state index contributed by atoms with van der Waals surface area (Å²) in [7, 11) is 0. The average molecular weight is 305 g/mol. The summed E-state index contributed by atoms with van der Waals surface area (Å²) < 4.78 is 42.7. The molecule has 22 heavy (non-hydrogen) atoms. The van der Waals surface area contributed by atoms with Gasteiger partial charge in [-0.1, -0.05) is 30.3 Å². The monoisotopic (exact) mass is 305 g/mol. The molecular weight excluding hydrogens is 295 g/mol. The molecule has 1 unspecified atom stereocenters. The fourth-order valence-corrected chi connectivity index (χ4v) is 2.42. The van der Waals surface area contributed by atoms with E-state index >= 15 is 0 Å². The molecule has 0 fully saturated rings. The van der Waals surface area contributed by atoms with E-state index in [0.717, 1.165) is 22.9 Å². The molecule has 1 atom stereocenters. The van der Waals surface area contributed by atoms with Crippen LogP contribution < -0.4 is 0 Å². The van der Waals surface area contributed by atoms with E-state index in [1.807, 2.05) is 0 Å². The van der Waals surface area contributed by atoms with Gasteiger partial charge in [0, 0.05) is 17.1 Å². The van der Waals surface area contributed by atoms with Gasteiger partial charge >= 0.3 is 5.97 Å². The molecule has 0 bridgehead atoms. The first-order valence-electron chi connectivity index (χ1n) is 6.41. The topological polar surface area (TPSA) is 42.2 Å². The highest BCUT2D eigenvalue weighted by molar-refractivity contribution is 6.03. The lowest BCUT2D eigenvalue weighted by Crippen LogP contribution is -2.07. The van der Waals surface area contributed by atoms with E-state index in [1.54, 1.807) is 12.1 Å². The number of rotatable bonds is 3. The summed E-state index contributed by atoms with van der Waals surface area (Å²) in [5, 5.41) is 9.51. The number of para-hydroxylation sites is 1. The second kappa shape index (κ2) is 5.22. The zero-order chi connectivity index (χ0) is 15.9. The van der Waals surface area contributed by atoms with Gasteiger partial charge in [0.2, 0.25) is 6.30 Å².